The van der Waals surface area contributed by atoms with Crippen LogP contribution in [0.15, 0.2) is 4.42 Å². The minimum absolute atomic E-state index is 0.0392. The van der Waals surface area contributed by atoms with E-state index in [1.165, 1.54) is 6.42 Å². The van der Waals surface area contributed by atoms with Gasteiger partial charge in [-0.3, -0.25) is 9.69 Å². The van der Waals surface area contributed by atoms with Gasteiger partial charge in [-0.1, -0.05) is 6.42 Å². The number of carbonyl (C=O) groups excluding carboxylic acids is 1. The first kappa shape index (κ1) is 15.5. The van der Waals surface area contributed by atoms with Gasteiger partial charge < -0.3 is 14.6 Å². The molecule has 0 aromatic carbocycles. The van der Waals surface area contributed by atoms with Crippen LogP contribution in [0.25, 0.3) is 0 Å². The Bertz CT molecular complexity index is 495. The average Bonchev–Trinajstić information content (AvgIpc) is 2.86. The molecule has 2 aliphatic heterocycles. The van der Waals surface area contributed by atoms with Crippen LogP contribution < -0.4 is 5.32 Å². The van der Waals surface area contributed by atoms with Crippen LogP contribution in [0.1, 0.15) is 36.6 Å². The minimum atomic E-state index is 0.0392. The average molecular weight is 306 g/mol. The zero-order chi connectivity index (χ0) is 15.5. The molecule has 122 valence electrons. The molecule has 0 saturated carbocycles. The van der Waals surface area contributed by atoms with Crippen molar-refractivity contribution in [2.24, 2.45) is 0 Å². The van der Waals surface area contributed by atoms with Crippen molar-refractivity contribution in [3.63, 3.8) is 0 Å². The summed E-state index contributed by atoms with van der Waals surface area (Å²) in [6, 6.07) is 0.0392. The smallest absolute Gasteiger partial charge is 0.239 e. The predicted octanol–water partition coefficient (Wildman–Crippen LogP) is 1.08. The Morgan fingerprint density at radius 3 is 2.64 bits per heavy atom. The number of carbonyl (C=O) groups is 1. The summed E-state index contributed by atoms with van der Waals surface area (Å²) >= 11 is 0. The third kappa shape index (κ3) is 3.50. The van der Waals surface area contributed by atoms with Gasteiger partial charge in [-0.15, -0.1) is 0 Å². The number of aromatic nitrogens is 1. The summed E-state index contributed by atoms with van der Waals surface area (Å²) in [6.45, 7) is 9.00. The van der Waals surface area contributed by atoms with Crippen molar-refractivity contribution in [1.82, 2.24) is 20.1 Å². The lowest BCUT2D eigenvalue weighted by atomic mass is 10.0. The molecule has 22 heavy (non-hydrogen) atoms. The van der Waals surface area contributed by atoms with E-state index in [4.69, 9.17) is 4.42 Å². The lowest BCUT2D eigenvalue weighted by molar-refractivity contribution is -0.135. The van der Waals surface area contributed by atoms with E-state index in [0.29, 0.717) is 0 Å². The highest BCUT2D eigenvalue weighted by molar-refractivity contribution is 5.82. The van der Waals surface area contributed by atoms with Gasteiger partial charge >= 0.3 is 0 Å². The minimum Gasteiger partial charge on any atom is -0.444 e. The van der Waals surface area contributed by atoms with E-state index in [2.05, 4.69) is 15.2 Å². The molecule has 2 saturated heterocycles. The molecule has 0 bridgehead atoms. The summed E-state index contributed by atoms with van der Waals surface area (Å²) in [5.41, 5.74) is 0.965. The number of aryl methyl sites for hydroxylation is 2. The molecule has 0 radical (unpaired) electrons. The molecule has 0 aliphatic carbocycles. The van der Waals surface area contributed by atoms with Crippen molar-refractivity contribution in [2.75, 3.05) is 32.7 Å². The second-order valence-corrected chi connectivity index (χ2v) is 6.35. The van der Waals surface area contributed by atoms with Crippen molar-refractivity contribution in [2.45, 2.75) is 45.7 Å². The van der Waals surface area contributed by atoms with Gasteiger partial charge in [0.2, 0.25) is 11.8 Å². The third-order valence-electron chi connectivity index (χ3n) is 4.72. The number of oxazole rings is 1. The van der Waals surface area contributed by atoms with Gasteiger partial charge in [-0.2, -0.15) is 0 Å². The van der Waals surface area contributed by atoms with Gasteiger partial charge in [0.15, 0.2) is 0 Å². The number of rotatable bonds is 3. The summed E-state index contributed by atoms with van der Waals surface area (Å²) in [7, 11) is 0. The number of piperidine rings is 1. The lowest BCUT2D eigenvalue weighted by Crippen LogP contribution is -2.54. The van der Waals surface area contributed by atoms with Crippen LogP contribution >= 0.6 is 0 Å². The van der Waals surface area contributed by atoms with Gasteiger partial charge in [0, 0.05) is 26.2 Å². The van der Waals surface area contributed by atoms with Crippen molar-refractivity contribution >= 4 is 5.91 Å². The van der Waals surface area contributed by atoms with Crippen LogP contribution in [-0.2, 0) is 11.3 Å². The van der Waals surface area contributed by atoms with Crippen LogP contribution in [0.2, 0.25) is 0 Å². The molecule has 1 N–H and O–H groups in total. The highest BCUT2D eigenvalue weighted by Gasteiger charge is 2.28. The molecule has 1 aromatic rings. The first-order valence-electron chi connectivity index (χ1n) is 8.31. The van der Waals surface area contributed by atoms with E-state index in [1.807, 2.05) is 18.7 Å². The highest BCUT2D eigenvalue weighted by atomic mass is 16.4. The Morgan fingerprint density at radius 1 is 1.27 bits per heavy atom. The number of nitrogens with one attached hydrogen (secondary N) is 1. The summed E-state index contributed by atoms with van der Waals surface area (Å²) in [6.07, 6.45) is 3.33. The number of amides is 1. The van der Waals surface area contributed by atoms with Gasteiger partial charge in [0.25, 0.3) is 0 Å². The SMILES string of the molecule is Cc1nc(CN2CCN(C(=O)[C@H]3CCCCN3)CC2)oc1C. The Kier molecular flexibility index (Phi) is 4.78. The largest absolute Gasteiger partial charge is 0.444 e. The molecule has 3 heterocycles. The summed E-state index contributed by atoms with van der Waals surface area (Å²) < 4.78 is 5.64. The monoisotopic (exact) mass is 306 g/mol. The number of piperazine rings is 1. The maximum atomic E-state index is 12.5. The standard InChI is InChI=1S/C16H26N4O2/c1-12-13(2)22-15(18-12)11-19-7-9-20(10-8-19)16(21)14-5-3-4-6-17-14/h14,17H,3-11H2,1-2H3/t14-/m1/s1. The molecule has 3 rings (SSSR count). The Balaban J connectivity index is 1.48. The van der Waals surface area contributed by atoms with E-state index < -0.39 is 0 Å². The van der Waals surface area contributed by atoms with Crippen LogP contribution in [0.5, 0.6) is 0 Å². The molecule has 6 nitrogen and oxygen atoms in total. The van der Waals surface area contributed by atoms with Gasteiger partial charge in [0.1, 0.15) is 5.76 Å². The Hall–Kier alpha value is -1.40. The van der Waals surface area contributed by atoms with E-state index >= 15 is 0 Å². The van der Waals surface area contributed by atoms with Crippen LogP contribution in [0.3, 0.4) is 0 Å². The zero-order valence-electron chi connectivity index (χ0n) is 13.6. The molecule has 6 heteroatoms. The highest BCUT2D eigenvalue weighted by Crippen LogP contribution is 2.14. The second kappa shape index (κ2) is 6.79. The fourth-order valence-electron chi connectivity index (χ4n) is 3.21. The molecule has 1 atom stereocenters. The maximum Gasteiger partial charge on any atom is 0.239 e. The van der Waals surface area contributed by atoms with Crippen molar-refractivity contribution < 1.29 is 9.21 Å². The normalized spacial score (nSPS) is 23.7. The zero-order valence-corrected chi connectivity index (χ0v) is 13.6. The van der Waals surface area contributed by atoms with Crippen molar-refractivity contribution in [3.8, 4) is 0 Å². The van der Waals surface area contributed by atoms with Gasteiger partial charge in [0.05, 0.1) is 18.3 Å². The first-order chi connectivity index (χ1) is 10.6. The number of hydrogen-bond donors (Lipinski definition) is 1. The predicted molar refractivity (Wildman–Crippen MR) is 83.5 cm³/mol. The number of hydrogen-bond acceptors (Lipinski definition) is 5. The molecule has 0 unspecified atom stereocenters. The Labute approximate surface area is 131 Å². The van der Waals surface area contributed by atoms with Crippen LogP contribution in [0.4, 0.5) is 0 Å². The molecule has 0 spiro atoms. The van der Waals surface area contributed by atoms with E-state index in [1.54, 1.807) is 0 Å². The maximum absolute atomic E-state index is 12.5. The molecular weight excluding hydrogens is 280 g/mol. The third-order valence-corrected chi connectivity index (χ3v) is 4.72. The summed E-state index contributed by atoms with van der Waals surface area (Å²) in [5, 5.41) is 3.35. The number of nitrogens with zero attached hydrogens (tertiary/aromatic N) is 3. The van der Waals surface area contributed by atoms with E-state index in [9.17, 15) is 4.79 Å². The Morgan fingerprint density at radius 2 is 2.05 bits per heavy atom. The first-order valence-corrected chi connectivity index (χ1v) is 8.31. The molecule has 1 aromatic heterocycles. The molecule has 1 amide bonds. The fraction of sp³-hybridized carbons (Fsp3) is 0.750. The quantitative estimate of drug-likeness (QED) is 0.905. The summed E-state index contributed by atoms with van der Waals surface area (Å²) in [4.78, 5) is 21.2. The van der Waals surface area contributed by atoms with E-state index in [-0.39, 0.29) is 11.9 Å². The van der Waals surface area contributed by atoms with Crippen molar-refractivity contribution in [1.29, 1.82) is 0 Å². The van der Waals surface area contributed by atoms with Crippen LogP contribution in [0, 0.1) is 13.8 Å². The molecular formula is C16H26N4O2. The molecule has 2 fully saturated rings. The van der Waals surface area contributed by atoms with Crippen molar-refractivity contribution in [3.05, 3.63) is 17.3 Å². The van der Waals surface area contributed by atoms with E-state index in [0.717, 1.165) is 69.5 Å². The van der Waals surface area contributed by atoms with Gasteiger partial charge in [-0.25, -0.2) is 4.98 Å². The topological polar surface area (TPSA) is 61.6 Å². The van der Waals surface area contributed by atoms with Gasteiger partial charge in [-0.05, 0) is 33.2 Å². The summed E-state index contributed by atoms with van der Waals surface area (Å²) in [5.74, 6) is 1.96. The molecule has 2 aliphatic rings. The lowest BCUT2D eigenvalue weighted by Gasteiger charge is -2.36. The fourth-order valence-corrected chi connectivity index (χ4v) is 3.21. The van der Waals surface area contributed by atoms with Crippen LogP contribution in [-0.4, -0.2) is 59.5 Å². The second-order valence-electron chi connectivity index (χ2n) is 6.35.